The summed E-state index contributed by atoms with van der Waals surface area (Å²) < 4.78 is 64.1. The van der Waals surface area contributed by atoms with Crippen LogP contribution >= 0.6 is 11.6 Å². The van der Waals surface area contributed by atoms with E-state index in [-0.39, 0.29) is 5.02 Å². The summed E-state index contributed by atoms with van der Waals surface area (Å²) in [6, 6.07) is 0.954. The molecule has 1 aliphatic rings. The fourth-order valence-corrected chi connectivity index (χ4v) is 4.13. The number of alkyl halides is 3. The maximum Gasteiger partial charge on any atom is 0.393 e. The Kier molecular flexibility index (Phi) is 4.48. The number of anilines is 1. The number of hydrogen-bond donors (Lipinski definition) is 2. The minimum Gasteiger partial charge on any atom is -0.481 e. The van der Waals surface area contributed by atoms with Crippen LogP contribution in [0.3, 0.4) is 0 Å². The highest BCUT2D eigenvalue weighted by molar-refractivity contribution is 7.89. The van der Waals surface area contributed by atoms with Gasteiger partial charge in [0.05, 0.1) is 16.9 Å². The monoisotopic (exact) mass is 373 g/mol. The van der Waals surface area contributed by atoms with E-state index < -0.39 is 57.8 Å². The molecule has 0 unspecified atom stereocenters. The molecule has 1 fully saturated rings. The van der Waals surface area contributed by atoms with Gasteiger partial charge >= 0.3 is 12.1 Å². The van der Waals surface area contributed by atoms with Gasteiger partial charge in [0, 0.05) is 19.3 Å². The van der Waals surface area contributed by atoms with Gasteiger partial charge in [0.2, 0.25) is 10.0 Å². The molecule has 2 rings (SSSR count). The van der Waals surface area contributed by atoms with Crippen molar-refractivity contribution < 1.29 is 31.5 Å². The number of rotatable bonds is 3. The lowest BCUT2D eigenvalue weighted by molar-refractivity contribution is -0.187. The second-order valence-electron chi connectivity index (χ2n) is 4.95. The Morgan fingerprint density at radius 3 is 2.52 bits per heavy atom. The zero-order valence-corrected chi connectivity index (χ0v) is 12.9. The third kappa shape index (κ3) is 3.35. The Morgan fingerprint density at radius 2 is 2.04 bits per heavy atom. The molecule has 7 nitrogen and oxygen atoms in total. The van der Waals surface area contributed by atoms with Crippen LogP contribution in [0.5, 0.6) is 0 Å². The summed E-state index contributed by atoms with van der Waals surface area (Å²) in [5, 5.41) is 8.85. The second kappa shape index (κ2) is 5.80. The van der Waals surface area contributed by atoms with E-state index in [0.717, 1.165) is 12.3 Å². The number of carbonyl (C=O) groups is 1. The average Bonchev–Trinajstić information content (AvgIpc) is 2.87. The Hall–Kier alpha value is -1.59. The van der Waals surface area contributed by atoms with Crippen molar-refractivity contribution in [1.82, 2.24) is 9.29 Å². The van der Waals surface area contributed by atoms with Crippen molar-refractivity contribution in [1.29, 1.82) is 0 Å². The summed E-state index contributed by atoms with van der Waals surface area (Å²) in [5.74, 6) is -6.35. The maximum absolute atomic E-state index is 12.9. The van der Waals surface area contributed by atoms with Gasteiger partial charge < -0.3 is 10.8 Å². The summed E-state index contributed by atoms with van der Waals surface area (Å²) in [5.41, 5.74) is 5.44. The molecule has 0 bridgehead atoms. The van der Waals surface area contributed by atoms with Crippen molar-refractivity contribution in [2.45, 2.75) is 11.1 Å². The third-order valence-electron chi connectivity index (χ3n) is 3.49. The zero-order chi connectivity index (χ0) is 17.6. The molecule has 1 aliphatic heterocycles. The van der Waals surface area contributed by atoms with Crippen LogP contribution < -0.4 is 5.73 Å². The number of carboxylic acid groups (broad SMARTS) is 1. The quantitative estimate of drug-likeness (QED) is 0.823. The van der Waals surface area contributed by atoms with Crippen molar-refractivity contribution in [3.8, 4) is 0 Å². The van der Waals surface area contributed by atoms with Gasteiger partial charge in [-0.3, -0.25) is 4.79 Å². The second-order valence-corrected chi connectivity index (χ2v) is 7.29. The van der Waals surface area contributed by atoms with Gasteiger partial charge in [0.1, 0.15) is 10.7 Å². The number of halogens is 4. The molecule has 0 amide bonds. The minimum absolute atomic E-state index is 0.0703. The highest BCUT2D eigenvalue weighted by Gasteiger charge is 2.55. The van der Waals surface area contributed by atoms with Crippen LogP contribution in [-0.4, -0.2) is 48.0 Å². The first kappa shape index (κ1) is 17.8. The molecule has 2 atom stereocenters. The van der Waals surface area contributed by atoms with E-state index in [0.29, 0.717) is 4.31 Å². The summed E-state index contributed by atoms with van der Waals surface area (Å²) in [7, 11) is -4.45. The first-order chi connectivity index (χ1) is 10.4. The van der Waals surface area contributed by atoms with Crippen molar-refractivity contribution in [2.24, 2.45) is 11.8 Å². The summed E-state index contributed by atoms with van der Waals surface area (Å²) in [6.45, 7) is -1.82. The number of aliphatic carboxylic acids is 1. The predicted octanol–water partition coefficient (Wildman–Crippen LogP) is 1.20. The van der Waals surface area contributed by atoms with Gasteiger partial charge in [0.25, 0.3) is 0 Å². The van der Waals surface area contributed by atoms with Crippen molar-refractivity contribution >= 4 is 33.4 Å². The first-order valence-electron chi connectivity index (χ1n) is 6.15. The number of carboxylic acids is 1. The number of nitrogen functional groups attached to an aromatic ring is 1. The number of pyridine rings is 1. The summed E-state index contributed by atoms with van der Waals surface area (Å²) >= 11 is 5.63. The number of nitrogens with two attached hydrogens (primary N) is 1. The van der Waals surface area contributed by atoms with Gasteiger partial charge in [-0.05, 0) is 6.07 Å². The lowest BCUT2D eigenvalue weighted by Crippen LogP contribution is -2.34. The van der Waals surface area contributed by atoms with Crippen molar-refractivity contribution in [2.75, 3.05) is 18.8 Å². The molecule has 0 radical (unpaired) electrons. The van der Waals surface area contributed by atoms with E-state index in [1.54, 1.807) is 0 Å². The Morgan fingerprint density at radius 1 is 1.43 bits per heavy atom. The molecule has 0 saturated carbocycles. The Labute approximate surface area is 133 Å². The normalized spacial score (nSPS) is 23.1. The van der Waals surface area contributed by atoms with E-state index in [1.165, 1.54) is 0 Å². The van der Waals surface area contributed by atoms with E-state index in [9.17, 15) is 26.4 Å². The molecule has 1 aromatic heterocycles. The van der Waals surface area contributed by atoms with Crippen LogP contribution in [-0.2, 0) is 14.8 Å². The van der Waals surface area contributed by atoms with Gasteiger partial charge in [-0.2, -0.15) is 17.5 Å². The maximum atomic E-state index is 12.9. The Balaban J connectivity index is 2.42. The molecule has 0 aromatic carbocycles. The fourth-order valence-electron chi connectivity index (χ4n) is 2.32. The topological polar surface area (TPSA) is 114 Å². The Bertz CT molecular complexity index is 741. The SMILES string of the molecule is Nc1ncc(Cl)cc1S(=O)(=O)N1C[C@@H](C(F)(F)F)[C@H](C(=O)O)C1. The fraction of sp³-hybridized carbons (Fsp3) is 0.455. The molecular formula is C11H11ClF3N3O4S. The number of sulfonamides is 1. The van der Waals surface area contributed by atoms with Gasteiger partial charge in [-0.25, -0.2) is 13.4 Å². The summed E-state index contributed by atoms with van der Waals surface area (Å²) in [6.07, 6.45) is -3.76. The summed E-state index contributed by atoms with van der Waals surface area (Å²) in [4.78, 5) is 14.0. The van der Waals surface area contributed by atoms with Crippen LogP contribution in [0.15, 0.2) is 17.2 Å². The molecule has 0 spiro atoms. The van der Waals surface area contributed by atoms with Crippen LogP contribution in [0, 0.1) is 11.8 Å². The van der Waals surface area contributed by atoms with E-state index in [1.807, 2.05) is 0 Å². The van der Waals surface area contributed by atoms with Crippen LogP contribution in [0.2, 0.25) is 5.02 Å². The first-order valence-corrected chi connectivity index (χ1v) is 7.97. The molecular weight excluding hydrogens is 363 g/mol. The number of aromatic nitrogens is 1. The van der Waals surface area contributed by atoms with Crippen LogP contribution in [0.25, 0.3) is 0 Å². The third-order valence-corrected chi connectivity index (χ3v) is 5.56. The molecule has 0 aliphatic carbocycles. The zero-order valence-electron chi connectivity index (χ0n) is 11.3. The molecule has 12 heteroatoms. The molecule has 3 N–H and O–H groups in total. The van der Waals surface area contributed by atoms with Crippen LogP contribution in [0.1, 0.15) is 0 Å². The smallest absolute Gasteiger partial charge is 0.393 e. The highest BCUT2D eigenvalue weighted by atomic mass is 35.5. The van der Waals surface area contributed by atoms with E-state index in [4.69, 9.17) is 22.4 Å². The molecule has 1 aromatic rings. The number of hydrogen-bond acceptors (Lipinski definition) is 5. The van der Waals surface area contributed by atoms with Crippen molar-refractivity contribution in [3.05, 3.63) is 17.3 Å². The van der Waals surface area contributed by atoms with E-state index in [2.05, 4.69) is 4.98 Å². The minimum atomic E-state index is -4.84. The van der Waals surface area contributed by atoms with Crippen molar-refractivity contribution in [3.63, 3.8) is 0 Å². The molecule has 1 saturated heterocycles. The van der Waals surface area contributed by atoms with Gasteiger partial charge in [-0.1, -0.05) is 11.6 Å². The van der Waals surface area contributed by atoms with Gasteiger partial charge in [0.15, 0.2) is 0 Å². The average molecular weight is 374 g/mol. The van der Waals surface area contributed by atoms with Crippen LogP contribution in [0.4, 0.5) is 19.0 Å². The molecule has 2 heterocycles. The van der Waals surface area contributed by atoms with Gasteiger partial charge in [-0.15, -0.1) is 0 Å². The predicted molar refractivity (Wildman–Crippen MR) is 73.1 cm³/mol. The standard InChI is InChI=1S/C11H11ClF3N3O4S/c12-5-1-8(9(16)17-2-5)23(21,22)18-3-6(10(19)20)7(4-18)11(13,14)15/h1-2,6-7H,3-4H2,(H2,16,17)(H,19,20)/t6-,7-/m1/s1. The van der Waals surface area contributed by atoms with E-state index >= 15 is 0 Å². The highest BCUT2D eigenvalue weighted by Crippen LogP contribution is 2.40. The lowest BCUT2D eigenvalue weighted by atomic mass is 9.96. The molecule has 128 valence electrons. The number of nitrogens with zero attached hydrogens (tertiary/aromatic N) is 2. The largest absolute Gasteiger partial charge is 0.481 e. The molecule has 23 heavy (non-hydrogen) atoms. The lowest BCUT2D eigenvalue weighted by Gasteiger charge is -2.18.